The number of para-hydroxylation sites is 1. The molecule has 3 aromatic carbocycles. The fraction of sp³-hybridized carbons (Fsp3) is 0.371. The van der Waals surface area contributed by atoms with Gasteiger partial charge in [-0.1, -0.05) is 73.5 Å². The molecule has 1 aliphatic carbocycles. The maximum atomic E-state index is 13.1. The number of carbonyl (C=O) groups is 2. The molecule has 0 bridgehead atoms. The Balaban J connectivity index is 1.44. The highest BCUT2D eigenvalue weighted by Crippen LogP contribution is 2.46. The minimum atomic E-state index is -0.914. The Hall–Kier alpha value is -3.94. The molecule has 1 aliphatic heterocycles. The Morgan fingerprint density at radius 1 is 1.00 bits per heavy atom. The van der Waals surface area contributed by atoms with E-state index in [-0.39, 0.29) is 30.8 Å². The van der Waals surface area contributed by atoms with Crippen LogP contribution in [0.15, 0.2) is 83.4 Å². The molecular formula is C35H39NO6. The maximum absolute atomic E-state index is 13.1. The van der Waals surface area contributed by atoms with Crippen molar-refractivity contribution < 1.29 is 29.6 Å². The first-order chi connectivity index (χ1) is 20.3. The molecule has 0 saturated carbocycles. The zero-order valence-electron chi connectivity index (χ0n) is 24.2. The summed E-state index contributed by atoms with van der Waals surface area (Å²) in [7, 11) is 1.49. The molecule has 3 aromatic rings. The number of aromatic hydroxyl groups is 1. The number of nitrogens with zero attached hydrogens (tertiary/aromatic N) is 1. The van der Waals surface area contributed by atoms with Crippen LogP contribution in [0, 0.1) is 17.8 Å². The summed E-state index contributed by atoms with van der Waals surface area (Å²) in [4.78, 5) is 27.2. The smallest absolute Gasteiger partial charge is 0.233 e. The highest BCUT2D eigenvalue weighted by molar-refractivity contribution is 6.05. The number of allylic oxidation sites excluding steroid dienone is 1. The Morgan fingerprint density at radius 2 is 1.71 bits per heavy atom. The van der Waals surface area contributed by atoms with Gasteiger partial charge in [0.15, 0.2) is 0 Å². The first-order valence-electron chi connectivity index (χ1n) is 14.7. The summed E-state index contributed by atoms with van der Waals surface area (Å²) >= 11 is 0. The van der Waals surface area contributed by atoms with Crippen molar-refractivity contribution >= 4 is 28.7 Å². The van der Waals surface area contributed by atoms with Crippen molar-refractivity contribution in [2.45, 2.75) is 45.1 Å². The Kier molecular flexibility index (Phi) is 9.09. The van der Waals surface area contributed by atoms with E-state index in [4.69, 9.17) is 4.74 Å². The Morgan fingerprint density at radius 3 is 2.43 bits per heavy atom. The van der Waals surface area contributed by atoms with Crippen LogP contribution < -0.4 is 4.74 Å². The fourth-order valence-corrected chi connectivity index (χ4v) is 6.66. The molecule has 4 atom stereocenters. The van der Waals surface area contributed by atoms with Crippen molar-refractivity contribution in [3.05, 3.63) is 89.0 Å². The van der Waals surface area contributed by atoms with E-state index in [1.54, 1.807) is 6.07 Å². The van der Waals surface area contributed by atoms with E-state index in [0.29, 0.717) is 30.6 Å². The molecule has 0 aromatic heterocycles. The summed E-state index contributed by atoms with van der Waals surface area (Å²) in [5.41, 5.74) is 3.56. The number of ether oxygens (including phenoxy) is 1. The van der Waals surface area contributed by atoms with Crippen LogP contribution in [-0.4, -0.2) is 58.4 Å². The highest BCUT2D eigenvalue weighted by Gasteiger charge is 2.53. The number of phenols is 1. The van der Waals surface area contributed by atoms with Gasteiger partial charge in [-0.3, -0.25) is 14.5 Å². The average molecular weight is 570 g/mol. The van der Waals surface area contributed by atoms with Gasteiger partial charge in [-0.2, -0.15) is 0 Å². The van der Waals surface area contributed by atoms with Gasteiger partial charge in [0.2, 0.25) is 11.8 Å². The number of imide groups is 1. The van der Waals surface area contributed by atoms with Crippen LogP contribution >= 0.6 is 0 Å². The van der Waals surface area contributed by atoms with E-state index < -0.39 is 23.9 Å². The van der Waals surface area contributed by atoms with Gasteiger partial charge in [-0.05, 0) is 66.0 Å². The predicted molar refractivity (Wildman–Crippen MR) is 163 cm³/mol. The van der Waals surface area contributed by atoms with Crippen LogP contribution in [0.5, 0.6) is 11.5 Å². The number of fused-ring (bicyclic) bond motifs is 2. The number of likely N-dealkylation sites (tertiary alicyclic amines) is 1. The second-order valence-corrected chi connectivity index (χ2v) is 11.3. The SMILES string of the molecule is CCC/C(=C\c1ccc(O)c2ccccc12)CC[C@@H](O)C1=C(COc2ccccc2)C[C@H]2C(=O)N(C)C(=O)[C@H]2[C@H]1CO. The standard InChI is InChI=1S/C35H39NO6/c1-3-9-22(18-23-15-17-30(38)27-13-8-7-12-26(23)27)14-16-31(39)32-24(21-42-25-10-5-4-6-11-25)19-28-33(29(32)20-37)35(41)36(2)34(28)40/h4-8,10-13,15,17-18,28-29,31,33,37-39H,3,9,14,16,19-21H2,1-2H3/b22-18+/t28-,29+,31-,33-/m1/s1. The lowest BCUT2D eigenvalue weighted by atomic mass is 9.68. The number of phenolic OH excluding ortho intramolecular Hbond substituents is 1. The predicted octanol–water partition coefficient (Wildman–Crippen LogP) is 5.49. The minimum absolute atomic E-state index is 0.165. The zero-order valence-corrected chi connectivity index (χ0v) is 24.2. The monoisotopic (exact) mass is 569 g/mol. The third kappa shape index (κ3) is 5.85. The summed E-state index contributed by atoms with van der Waals surface area (Å²) < 4.78 is 6.06. The second kappa shape index (κ2) is 12.9. The van der Waals surface area contributed by atoms with Crippen LogP contribution in [0.4, 0.5) is 0 Å². The first-order valence-corrected chi connectivity index (χ1v) is 14.7. The highest BCUT2D eigenvalue weighted by atomic mass is 16.5. The molecule has 5 rings (SSSR count). The summed E-state index contributed by atoms with van der Waals surface area (Å²) in [5, 5.41) is 34.3. The molecule has 7 nitrogen and oxygen atoms in total. The number of carbonyl (C=O) groups excluding carboxylic acids is 2. The van der Waals surface area contributed by atoms with Crippen LogP contribution in [0.3, 0.4) is 0 Å². The molecule has 1 saturated heterocycles. The van der Waals surface area contributed by atoms with Crippen molar-refractivity contribution in [3.8, 4) is 11.5 Å². The van der Waals surface area contributed by atoms with Crippen LogP contribution in [0.1, 0.15) is 44.6 Å². The molecular weight excluding hydrogens is 530 g/mol. The minimum Gasteiger partial charge on any atom is -0.507 e. The molecule has 42 heavy (non-hydrogen) atoms. The summed E-state index contributed by atoms with van der Waals surface area (Å²) in [6, 6.07) is 20.7. The first kappa shape index (κ1) is 29.5. The van der Waals surface area contributed by atoms with Crippen LogP contribution in [0.2, 0.25) is 0 Å². The average Bonchev–Trinajstić information content (AvgIpc) is 3.23. The molecule has 2 amide bonds. The third-order valence-corrected chi connectivity index (χ3v) is 8.72. The quantitative estimate of drug-likeness (QED) is 0.208. The molecule has 220 valence electrons. The number of rotatable bonds is 11. The molecule has 0 spiro atoms. The number of benzene rings is 3. The van der Waals surface area contributed by atoms with Crippen molar-refractivity contribution in [3.63, 3.8) is 0 Å². The Labute approximate surface area is 246 Å². The van der Waals surface area contributed by atoms with Crippen molar-refractivity contribution in [2.75, 3.05) is 20.3 Å². The lowest BCUT2D eigenvalue weighted by molar-refractivity contribution is -0.138. The van der Waals surface area contributed by atoms with E-state index in [1.165, 1.54) is 7.05 Å². The number of aliphatic hydroxyl groups excluding tert-OH is 2. The van der Waals surface area contributed by atoms with Gasteiger partial charge >= 0.3 is 0 Å². The van der Waals surface area contributed by atoms with Gasteiger partial charge in [-0.25, -0.2) is 0 Å². The molecule has 7 heteroatoms. The Bertz CT molecular complexity index is 1510. The molecule has 1 fully saturated rings. The topological polar surface area (TPSA) is 107 Å². The van der Waals surface area contributed by atoms with Crippen molar-refractivity contribution in [1.82, 2.24) is 4.90 Å². The molecule has 0 radical (unpaired) electrons. The van der Waals surface area contributed by atoms with E-state index in [2.05, 4.69) is 13.0 Å². The van der Waals surface area contributed by atoms with Crippen molar-refractivity contribution in [1.29, 1.82) is 0 Å². The molecule has 2 aliphatic rings. The number of hydrogen-bond donors (Lipinski definition) is 3. The zero-order chi connectivity index (χ0) is 29.8. The van der Waals surface area contributed by atoms with Gasteiger partial charge in [-0.15, -0.1) is 0 Å². The normalized spacial score (nSPS) is 21.7. The van der Waals surface area contributed by atoms with Crippen LogP contribution in [0.25, 0.3) is 16.8 Å². The van der Waals surface area contributed by atoms with E-state index in [0.717, 1.165) is 45.2 Å². The van der Waals surface area contributed by atoms with Gasteiger partial charge in [0.25, 0.3) is 0 Å². The van der Waals surface area contributed by atoms with E-state index in [9.17, 15) is 24.9 Å². The summed E-state index contributed by atoms with van der Waals surface area (Å²) in [6.45, 7) is 1.94. The number of hydrogen-bond acceptors (Lipinski definition) is 6. The lowest BCUT2D eigenvalue weighted by Gasteiger charge is -2.36. The molecule has 3 N–H and O–H groups in total. The maximum Gasteiger partial charge on any atom is 0.233 e. The summed E-state index contributed by atoms with van der Waals surface area (Å²) in [5.74, 6) is -1.56. The fourth-order valence-electron chi connectivity index (χ4n) is 6.66. The molecule has 1 heterocycles. The third-order valence-electron chi connectivity index (χ3n) is 8.72. The lowest BCUT2D eigenvalue weighted by Crippen LogP contribution is -2.39. The second-order valence-electron chi connectivity index (χ2n) is 11.3. The number of aliphatic hydroxyl groups is 2. The van der Waals surface area contributed by atoms with Crippen molar-refractivity contribution in [2.24, 2.45) is 17.8 Å². The van der Waals surface area contributed by atoms with Gasteiger partial charge < -0.3 is 20.1 Å². The van der Waals surface area contributed by atoms with E-state index in [1.807, 2.05) is 60.7 Å². The number of amides is 2. The van der Waals surface area contributed by atoms with Crippen LogP contribution in [-0.2, 0) is 9.59 Å². The van der Waals surface area contributed by atoms with E-state index >= 15 is 0 Å². The van der Waals surface area contributed by atoms with Gasteiger partial charge in [0.1, 0.15) is 18.1 Å². The van der Waals surface area contributed by atoms with Gasteiger partial charge in [0.05, 0.1) is 24.5 Å². The van der Waals surface area contributed by atoms with Gasteiger partial charge in [0, 0.05) is 18.4 Å². The summed E-state index contributed by atoms with van der Waals surface area (Å²) in [6.07, 6.45) is 4.33. The largest absolute Gasteiger partial charge is 0.507 e. The molecule has 0 unspecified atom stereocenters.